The Morgan fingerprint density at radius 1 is 0.827 bits per heavy atom. The minimum atomic E-state index is -1.67. The molecule has 0 radical (unpaired) electrons. The molecule has 3 unspecified atom stereocenters. The molecule has 0 spiro atoms. The Morgan fingerprint density at radius 3 is 1.83 bits per heavy atom. The van der Waals surface area contributed by atoms with Crippen LogP contribution >= 0.6 is 0 Å². The van der Waals surface area contributed by atoms with Crippen LogP contribution < -0.4 is 5.73 Å². The molecule has 0 aliphatic carbocycles. The Labute approximate surface area is 313 Å². The molecule has 282 valence electrons. The average molecular weight is 711 g/mol. The highest BCUT2D eigenvalue weighted by molar-refractivity contribution is 5.47. The lowest BCUT2D eigenvalue weighted by atomic mass is 9.79. The molecule has 4 rings (SSSR count). The van der Waals surface area contributed by atoms with Crippen molar-refractivity contribution >= 4 is 0 Å². The highest BCUT2D eigenvalue weighted by atomic mass is 16.7. The van der Waals surface area contributed by atoms with Crippen molar-refractivity contribution in [2.45, 2.75) is 128 Å². The number of allylic oxidation sites excluding steroid dienone is 1. The highest BCUT2D eigenvalue weighted by Gasteiger charge is 2.46. The standard InChI is InChI=1S/C45H62N2O5/c1-6-7-8-21-30-44(49-33-42(4,5)34-50-44)31-22-10-9-20-29-40(48)41(52-36(2)3)43(47,32-46)35-51-45(37-23-14-11-15-24-37,38-25-16-12-17-26-38)39-27-18-13-19-28-39/h9,11-20,23-28,36,40-41,48H,6-8,10,21-22,29-31,33-35,47H2,1-5H3/b20-9+. The summed E-state index contributed by atoms with van der Waals surface area (Å²) in [6.07, 6.45) is 10.2. The molecule has 1 aliphatic rings. The first-order valence-electron chi connectivity index (χ1n) is 19.3. The molecule has 1 saturated heterocycles. The fourth-order valence-electron chi connectivity index (χ4n) is 6.96. The molecule has 0 aromatic heterocycles. The van der Waals surface area contributed by atoms with Gasteiger partial charge in [0.2, 0.25) is 0 Å². The number of nitriles is 1. The zero-order valence-electron chi connectivity index (χ0n) is 32.1. The van der Waals surface area contributed by atoms with E-state index in [9.17, 15) is 10.4 Å². The van der Waals surface area contributed by atoms with Gasteiger partial charge >= 0.3 is 0 Å². The summed E-state index contributed by atoms with van der Waals surface area (Å²) >= 11 is 0. The van der Waals surface area contributed by atoms with Gasteiger partial charge in [-0.1, -0.05) is 143 Å². The molecule has 1 heterocycles. The first kappa shape index (κ1) is 41.4. The number of nitrogens with two attached hydrogens (primary N) is 1. The van der Waals surface area contributed by atoms with Gasteiger partial charge < -0.3 is 29.8 Å². The molecule has 3 aromatic carbocycles. The number of ether oxygens (including phenoxy) is 4. The normalized spacial score (nSPS) is 18.1. The summed E-state index contributed by atoms with van der Waals surface area (Å²) in [5, 5.41) is 22.2. The summed E-state index contributed by atoms with van der Waals surface area (Å²) in [7, 11) is 0. The Bertz CT molecular complexity index is 1410. The van der Waals surface area contributed by atoms with E-state index in [1.165, 1.54) is 19.3 Å². The van der Waals surface area contributed by atoms with Crippen LogP contribution in [-0.2, 0) is 24.5 Å². The van der Waals surface area contributed by atoms with E-state index in [2.05, 4.69) is 32.9 Å². The second-order valence-corrected chi connectivity index (χ2v) is 15.5. The smallest absolute Gasteiger partial charge is 0.168 e. The van der Waals surface area contributed by atoms with Crippen molar-refractivity contribution in [3.63, 3.8) is 0 Å². The van der Waals surface area contributed by atoms with E-state index in [4.69, 9.17) is 24.7 Å². The van der Waals surface area contributed by atoms with Crippen LogP contribution in [0.3, 0.4) is 0 Å². The van der Waals surface area contributed by atoms with Gasteiger partial charge in [-0.05, 0) is 56.2 Å². The lowest BCUT2D eigenvalue weighted by molar-refractivity contribution is -0.305. The summed E-state index contributed by atoms with van der Waals surface area (Å²) in [5.74, 6) is -0.521. The monoisotopic (exact) mass is 710 g/mol. The van der Waals surface area contributed by atoms with Crippen LogP contribution in [0.4, 0.5) is 0 Å². The Balaban J connectivity index is 1.48. The molecule has 0 saturated carbocycles. The molecule has 3 aromatic rings. The van der Waals surface area contributed by atoms with E-state index < -0.39 is 29.1 Å². The molecule has 1 aliphatic heterocycles. The van der Waals surface area contributed by atoms with E-state index in [-0.39, 0.29) is 24.5 Å². The highest BCUT2D eigenvalue weighted by Crippen LogP contribution is 2.41. The third-order valence-corrected chi connectivity index (χ3v) is 9.89. The molecule has 0 bridgehead atoms. The number of aliphatic hydroxyl groups is 1. The van der Waals surface area contributed by atoms with Gasteiger partial charge in [-0.2, -0.15) is 5.26 Å². The fourth-order valence-corrected chi connectivity index (χ4v) is 6.96. The molecule has 7 nitrogen and oxygen atoms in total. The maximum absolute atomic E-state index is 11.6. The number of benzene rings is 3. The van der Waals surface area contributed by atoms with Gasteiger partial charge in [0.1, 0.15) is 11.7 Å². The number of rotatable bonds is 21. The van der Waals surface area contributed by atoms with Crippen LogP contribution in [0.1, 0.15) is 109 Å². The first-order valence-corrected chi connectivity index (χ1v) is 19.3. The summed E-state index contributed by atoms with van der Waals surface area (Å²) < 4.78 is 26.0. The second-order valence-electron chi connectivity index (χ2n) is 15.5. The number of nitrogens with zero attached hydrogens (tertiary/aromatic N) is 1. The van der Waals surface area contributed by atoms with Gasteiger partial charge in [-0.15, -0.1) is 0 Å². The Hall–Kier alpha value is -3.35. The van der Waals surface area contributed by atoms with Crippen LogP contribution in [0.15, 0.2) is 103 Å². The number of aliphatic hydroxyl groups excluding tert-OH is 1. The summed E-state index contributed by atoms with van der Waals surface area (Å²) in [5.41, 5.74) is 6.90. The molecule has 3 N–H and O–H groups in total. The summed E-state index contributed by atoms with van der Waals surface area (Å²) in [6.45, 7) is 11.5. The summed E-state index contributed by atoms with van der Waals surface area (Å²) in [6, 6.07) is 32.2. The van der Waals surface area contributed by atoms with E-state index in [0.29, 0.717) is 13.2 Å². The van der Waals surface area contributed by atoms with E-state index >= 15 is 0 Å². The van der Waals surface area contributed by atoms with E-state index in [0.717, 1.165) is 48.8 Å². The minimum Gasteiger partial charge on any atom is -0.390 e. The largest absolute Gasteiger partial charge is 0.390 e. The number of unbranched alkanes of at least 4 members (excludes halogenated alkanes) is 4. The van der Waals surface area contributed by atoms with Gasteiger partial charge in [0.15, 0.2) is 11.3 Å². The third kappa shape index (κ3) is 11.1. The maximum atomic E-state index is 11.6. The quantitative estimate of drug-likeness (QED) is 0.0645. The molecular formula is C45H62N2O5. The molecule has 52 heavy (non-hydrogen) atoms. The van der Waals surface area contributed by atoms with E-state index in [1.54, 1.807) is 0 Å². The van der Waals surface area contributed by atoms with Crippen molar-refractivity contribution < 1.29 is 24.1 Å². The number of hydrogen-bond acceptors (Lipinski definition) is 7. The zero-order chi connectivity index (χ0) is 37.5. The van der Waals surface area contributed by atoms with Gasteiger partial charge in [0.05, 0.1) is 38.1 Å². The Kier molecular flexibility index (Phi) is 15.6. The van der Waals surface area contributed by atoms with Gasteiger partial charge in [0, 0.05) is 18.3 Å². The topological polar surface area (TPSA) is 107 Å². The van der Waals surface area contributed by atoms with Crippen LogP contribution in [0.5, 0.6) is 0 Å². The fraction of sp³-hybridized carbons (Fsp3) is 0.533. The van der Waals surface area contributed by atoms with Crippen molar-refractivity contribution in [3.05, 3.63) is 120 Å². The van der Waals surface area contributed by atoms with Crippen molar-refractivity contribution in [1.29, 1.82) is 5.26 Å². The Morgan fingerprint density at radius 2 is 1.35 bits per heavy atom. The van der Waals surface area contributed by atoms with Crippen molar-refractivity contribution in [3.8, 4) is 6.07 Å². The molecular weight excluding hydrogens is 649 g/mol. The lowest BCUT2D eigenvalue weighted by Crippen LogP contribution is -2.60. The van der Waals surface area contributed by atoms with E-state index in [1.807, 2.05) is 111 Å². The van der Waals surface area contributed by atoms with Crippen LogP contribution in [0, 0.1) is 16.7 Å². The van der Waals surface area contributed by atoms with Crippen LogP contribution in [0.25, 0.3) is 0 Å². The summed E-state index contributed by atoms with van der Waals surface area (Å²) in [4.78, 5) is 0. The van der Waals surface area contributed by atoms with Crippen molar-refractivity contribution in [1.82, 2.24) is 0 Å². The first-order chi connectivity index (χ1) is 25.0. The van der Waals surface area contributed by atoms with Crippen molar-refractivity contribution in [2.24, 2.45) is 11.1 Å². The number of hydrogen-bond donors (Lipinski definition) is 2. The third-order valence-electron chi connectivity index (χ3n) is 9.89. The van der Waals surface area contributed by atoms with Gasteiger partial charge in [-0.3, -0.25) is 0 Å². The van der Waals surface area contributed by atoms with Gasteiger partial charge in [-0.25, -0.2) is 0 Å². The SMILES string of the molecule is CCCCCCC1(CCC/C=C/CC(O)C(OC(C)C)C(N)(C#N)COC(c2ccccc2)(c2ccccc2)c2ccccc2)OCC(C)(C)CO1. The predicted molar refractivity (Wildman–Crippen MR) is 208 cm³/mol. The average Bonchev–Trinajstić information content (AvgIpc) is 3.16. The minimum absolute atomic E-state index is 0.0242. The second kappa shape index (κ2) is 19.6. The molecule has 7 heteroatoms. The lowest BCUT2D eigenvalue weighted by Gasteiger charge is -2.44. The zero-order valence-corrected chi connectivity index (χ0v) is 32.1. The molecule has 1 fully saturated rings. The molecule has 0 amide bonds. The maximum Gasteiger partial charge on any atom is 0.168 e. The predicted octanol–water partition coefficient (Wildman–Crippen LogP) is 9.23. The van der Waals surface area contributed by atoms with Crippen LogP contribution in [-0.4, -0.2) is 54.6 Å². The van der Waals surface area contributed by atoms with Gasteiger partial charge in [0.25, 0.3) is 0 Å². The van der Waals surface area contributed by atoms with Crippen LogP contribution in [0.2, 0.25) is 0 Å². The molecule has 3 atom stereocenters. The van der Waals surface area contributed by atoms with Crippen molar-refractivity contribution in [2.75, 3.05) is 19.8 Å².